The van der Waals surface area contributed by atoms with Crippen LogP contribution in [0.5, 0.6) is 0 Å². The summed E-state index contributed by atoms with van der Waals surface area (Å²) in [5, 5.41) is 10.0. The fourth-order valence-electron chi connectivity index (χ4n) is 6.25. The van der Waals surface area contributed by atoms with Gasteiger partial charge < -0.3 is 5.11 Å². The van der Waals surface area contributed by atoms with Gasteiger partial charge in [-0.2, -0.15) is 0 Å². The van der Waals surface area contributed by atoms with E-state index in [9.17, 15) is 5.11 Å². The second-order valence-corrected chi connectivity index (χ2v) is 10.9. The highest BCUT2D eigenvalue weighted by atomic mass is 16.3. The first-order valence-corrected chi connectivity index (χ1v) is 12.2. The van der Waals surface area contributed by atoms with Gasteiger partial charge in [-0.1, -0.05) is 76.6 Å². The molecule has 6 atom stereocenters. The van der Waals surface area contributed by atoms with Crippen molar-refractivity contribution < 1.29 is 5.11 Å². The molecule has 0 heterocycles. The van der Waals surface area contributed by atoms with Crippen LogP contribution >= 0.6 is 0 Å². The lowest BCUT2D eigenvalue weighted by Gasteiger charge is -2.44. The van der Waals surface area contributed by atoms with Crippen molar-refractivity contribution in [2.24, 2.45) is 35.0 Å². The third-order valence-electron chi connectivity index (χ3n) is 8.63. The van der Waals surface area contributed by atoms with E-state index in [1.54, 1.807) is 5.57 Å². The smallest absolute Gasteiger partial charge is 0.0583 e. The number of aliphatic hydroxyl groups excluding tert-OH is 1. The first-order chi connectivity index (χ1) is 13.7. The number of hydrogen-bond acceptors (Lipinski definition) is 1. The van der Waals surface area contributed by atoms with E-state index in [-0.39, 0.29) is 6.10 Å². The molecule has 1 heteroatoms. The number of hydrogen-bond donors (Lipinski definition) is 1. The Hall–Kier alpha value is -1.08. The minimum Gasteiger partial charge on any atom is -0.393 e. The van der Waals surface area contributed by atoms with Crippen molar-refractivity contribution >= 4 is 0 Å². The maximum Gasteiger partial charge on any atom is 0.0583 e. The molecule has 1 nitrogen and oxygen atoms in total. The second kappa shape index (κ2) is 9.38. The highest BCUT2D eigenvalue weighted by Gasteiger charge is 2.50. The quantitative estimate of drug-likeness (QED) is 0.473. The van der Waals surface area contributed by atoms with E-state index in [0.717, 1.165) is 37.0 Å². The Morgan fingerprint density at radius 2 is 1.79 bits per heavy atom. The molecule has 162 valence electrons. The molecule has 3 aliphatic carbocycles. The maximum atomic E-state index is 10.0. The van der Waals surface area contributed by atoms with Gasteiger partial charge in [0.2, 0.25) is 0 Å². The predicted octanol–water partition coefficient (Wildman–Crippen LogP) is 7.64. The first kappa shape index (κ1) is 22.6. The molecule has 2 unspecified atom stereocenters. The van der Waals surface area contributed by atoms with Crippen molar-refractivity contribution in [3.8, 4) is 0 Å². The van der Waals surface area contributed by atoms with Gasteiger partial charge in [0, 0.05) is 0 Å². The van der Waals surface area contributed by atoms with Crippen molar-refractivity contribution in [2.45, 2.75) is 92.1 Å². The molecule has 3 saturated carbocycles. The summed E-state index contributed by atoms with van der Waals surface area (Å²) < 4.78 is 0. The molecule has 0 saturated heterocycles. The van der Waals surface area contributed by atoms with Gasteiger partial charge in [0.1, 0.15) is 0 Å². The molecule has 0 aromatic heterocycles. The fourth-order valence-corrected chi connectivity index (χ4v) is 6.25. The van der Waals surface area contributed by atoms with Crippen LogP contribution in [0.1, 0.15) is 86.0 Å². The number of allylic oxidation sites excluding steroid dienone is 6. The molecule has 0 amide bonds. The molecule has 0 aromatic carbocycles. The normalized spacial score (nSPS) is 38.2. The molecule has 0 radical (unpaired) electrons. The molecule has 29 heavy (non-hydrogen) atoms. The Bertz CT molecular complexity index is 678. The van der Waals surface area contributed by atoms with E-state index in [2.05, 4.69) is 65.5 Å². The molecule has 3 aliphatic rings. The van der Waals surface area contributed by atoms with E-state index >= 15 is 0 Å². The molecular formula is C28H44O. The lowest BCUT2D eigenvalue weighted by molar-refractivity contribution is 0.112. The minimum atomic E-state index is -0.182. The third-order valence-corrected chi connectivity index (χ3v) is 8.63. The number of fused-ring (bicyclic) bond motifs is 1. The molecular weight excluding hydrogens is 352 g/mol. The van der Waals surface area contributed by atoms with E-state index in [4.69, 9.17) is 0 Å². The van der Waals surface area contributed by atoms with Gasteiger partial charge in [-0.25, -0.2) is 0 Å². The van der Waals surface area contributed by atoms with Gasteiger partial charge >= 0.3 is 0 Å². The van der Waals surface area contributed by atoms with Crippen LogP contribution in [0.25, 0.3) is 0 Å². The van der Waals surface area contributed by atoms with Crippen molar-refractivity contribution in [3.05, 3.63) is 47.6 Å². The molecule has 0 bridgehead atoms. The zero-order chi connectivity index (χ0) is 21.2. The summed E-state index contributed by atoms with van der Waals surface area (Å²) >= 11 is 0. The molecule has 3 fully saturated rings. The SMILES string of the molecule is C=C1CCC(O)C/C1=C/C=C1\CCC[C@]2(C)C([C@H](C)/C=C/[C@H](C)C(C)C)CC[C@@H]12. The second-order valence-electron chi connectivity index (χ2n) is 10.9. The monoisotopic (exact) mass is 396 g/mol. The van der Waals surface area contributed by atoms with Crippen molar-refractivity contribution in [2.75, 3.05) is 0 Å². The average Bonchev–Trinajstić information content (AvgIpc) is 3.04. The van der Waals surface area contributed by atoms with Gasteiger partial charge in [0.15, 0.2) is 0 Å². The van der Waals surface area contributed by atoms with Crippen LogP contribution in [0.2, 0.25) is 0 Å². The van der Waals surface area contributed by atoms with E-state index in [0.29, 0.717) is 17.3 Å². The maximum absolute atomic E-state index is 10.0. The van der Waals surface area contributed by atoms with Crippen LogP contribution in [0.3, 0.4) is 0 Å². The fraction of sp³-hybridized carbons (Fsp3) is 0.714. The zero-order valence-electron chi connectivity index (χ0n) is 19.6. The van der Waals surface area contributed by atoms with Crippen molar-refractivity contribution in [3.63, 3.8) is 0 Å². The van der Waals surface area contributed by atoms with Gasteiger partial charge in [-0.3, -0.25) is 0 Å². The van der Waals surface area contributed by atoms with Crippen molar-refractivity contribution in [1.82, 2.24) is 0 Å². The number of aliphatic hydroxyl groups is 1. The summed E-state index contributed by atoms with van der Waals surface area (Å²) in [5.74, 6) is 3.58. The van der Waals surface area contributed by atoms with Crippen LogP contribution in [-0.2, 0) is 0 Å². The summed E-state index contributed by atoms with van der Waals surface area (Å²) in [6, 6.07) is 0. The Kier molecular flexibility index (Phi) is 7.31. The van der Waals surface area contributed by atoms with Crippen LogP contribution in [-0.4, -0.2) is 11.2 Å². The largest absolute Gasteiger partial charge is 0.393 e. The average molecular weight is 397 g/mol. The van der Waals surface area contributed by atoms with Gasteiger partial charge in [-0.05, 0) is 91.9 Å². The van der Waals surface area contributed by atoms with Crippen molar-refractivity contribution in [1.29, 1.82) is 0 Å². The zero-order valence-corrected chi connectivity index (χ0v) is 19.6. The minimum absolute atomic E-state index is 0.182. The molecule has 0 aliphatic heterocycles. The Morgan fingerprint density at radius 3 is 2.52 bits per heavy atom. The van der Waals surface area contributed by atoms with Gasteiger partial charge in [0.25, 0.3) is 0 Å². The van der Waals surface area contributed by atoms with E-state index in [1.165, 1.54) is 43.3 Å². The summed E-state index contributed by atoms with van der Waals surface area (Å²) in [6.45, 7) is 16.3. The van der Waals surface area contributed by atoms with Crippen LogP contribution < -0.4 is 0 Å². The Morgan fingerprint density at radius 1 is 1.03 bits per heavy atom. The Labute approximate surface area is 180 Å². The molecule has 0 aromatic rings. The van der Waals surface area contributed by atoms with E-state index in [1.807, 2.05) is 0 Å². The summed E-state index contributed by atoms with van der Waals surface area (Å²) in [5.41, 5.74) is 4.61. The van der Waals surface area contributed by atoms with E-state index < -0.39 is 0 Å². The lowest BCUT2D eigenvalue weighted by Crippen LogP contribution is -2.35. The highest BCUT2D eigenvalue weighted by Crippen LogP contribution is 2.59. The molecule has 0 spiro atoms. The Balaban J connectivity index is 1.75. The topological polar surface area (TPSA) is 20.2 Å². The molecule has 3 rings (SSSR count). The van der Waals surface area contributed by atoms with Crippen LogP contribution in [0, 0.1) is 35.0 Å². The van der Waals surface area contributed by atoms with Gasteiger partial charge in [-0.15, -0.1) is 0 Å². The lowest BCUT2D eigenvalue weighted by atomic mass is 9.61. The highest BCUT2D eigenvalue weighted by molar-refractivity contribution is 5.36. The van der Waals surface area contributed by atoms with Gasteiger partial charge in [0.05, 0.1) is 6.10 Å². The van der Waals surface area contributed by atoms with Crippen LogP contribution in [0.15, 0.2) is 47.6 Å². The standard InChI is InChI=1S/C28H44O/c1-19(2)20(3)9-10-22(5)26-15-16-27-23(8-7-17-28(26,27)6)12-13-24-18-25(29)14-11-21(24)4/h9-10,12-13,19-20,22,25-27,29H,4,7-8,11,14-18H2,1-3,5-6H3/b10-9+,23-12+,24-13-/t20-,22+,25?,26?,27-,28+/m0/s1. The summed E-state index contributed by atoms with van der Waals surface area (Å²) in [7, 11) is 0. The third kappa shape index (κ3) is 4.98. The van der Waals surface area contributed by atoms with Crippen LogP contribution in [0.4, 0.5) is 0 Å². The summed E-state index contributed by atoms with van der Waals surface area (Å²) in [6.07, 6.45) is 18.8. The predicted molar refractivity (Wildman–Crippen MR) is 126 cm³/mol. The summed E-state index contributed by atoms with van der Waals surface area (Å²) in [4.78, 5) is 0. The molecule has 1 N–H and O–H groups in total. The number of rotatable bonds is 5. The first-order valence-electron chi connectivity index (χ1n) is 12.2.